The Hall–Kier alpha value is -4.38. The fourth-order valence-corrected chi connectivity index (χ4v) is 8.67. The number of rotatable bonds is 56. The third kappa shape index (κ3) is 58.3. The van der Waals surface area contributed by atoms with Gasteiger partial charge in [-0.25, -0.2) is 4.57 Å². The summed E-state index contributed by atoms with van der Waals surface area (Å²) < 4.78 is 39.5. The van der Waals surface area contributed by atoms with E-state index in [1.165, 1.54) is 57.8 Å². The van der Waals surface area contributed by atoms with Gasteiger partial charge in [0.2, 0.25) is 0 Å². The SMILES string of the molecule is CC/C=C\C/C=C\C/C=C\C/C=C\C/C=C\CCCCCC(=O)OCC(COP(=O)(O)OCC(CO)OC(=O)CCCCCCCCC/C=C\CCCCCCCC)OC(=O)CCC/C=C\C/C=C\C/C=C\C/C=C\C/C=C\CC. The lowest BCUT2D eigenvalue weighted by Crippen LogP contribution is -2.30. The number of hydrogen-bond donors (Lipinski definition) is 2. The minimum atomic E-state index is -4.79. The molecule has 80 heavy (non-hydrogen) atoms. The van der Waals surface area contributed by atoms with E-state index >= 15 is 0 Å². The molecular weight excluding hydrogens is 1020 g/mol. The number of ether oxygens (including phenoxy) is 3. The molecule has 11 nitrogen and oxygen atoms in total. The highest BCUT2D eigenvalue weighted by Gasteiger charge is 2.28. The first-order chi connectivity index (χ1) is 39.2. The van der Waals surface area contributed by atoms with E-state index in [1.54, 1.807) is 0 Å². The molecule has 0 aromatic heterocycles. The first-order valence-electron chi connectivity index (χ1n) is 31.1. The van der Waals surface area contributed by atoms with Gasteiger partial charge in [0.15, 0.2) is 6.10 Å². The van der Waals surface area contributed by atoms with Crippen LogP contribution in [0.4, 0.5) is 0 Å². The Morgan fingerprint density at radius 3 is 1.07 bits per heavy atom. The second-order valence-electron chi connectivity index (χ2n) is 20.1. The van der Waals surface area contributed by atoms with Crippen LogP contribution in [0.25, 0.3) is 0 Å². The van der Waals surface area contributed by atoms with Crippen LogP contribution in [0.3, 0.4) is 0 Å². The standard InChI is InChI=1S/C68H111O11P/c1-4-7-10-13-16-19-22-25-28-31-32-35-36-39-42-45-48-51-54-57-66(70)75-61-65(79-68(72)59-56-53-50-47-44-41-38-34-30-27-24-21-18-15-12-9-6-3)63-77-80(73,74)76-62-64(60-69)78-67(71)58-55-52-49-46-43-40-37-33-29-26-23-20-17-14-11-8-5-2/h7,9-10,12,16,18-19,21,25-30,32,35,38-39,41-42,47,50,64-65,69H,4-6,8,11,13-15,17,20,22-24,31,33-34,36-37,40,43-46,48-49,51-63H2,1-3H3,(H,73,74)/b10-7-,12-9-,19-16-,21-18-,28-25-,29-26-,30-27-,35-32-,41-38-,42-39-,50-47-. The van der Waals surface area contributed by atoms with Crippen molar-refractivity contribution in [2.24, 2.45) is 0 Å². The molecule has 12 heteroatoms. The van der Waals surface area contributed by atoms with Gasteiger partial charge in [-0.3, -0.25) is 23.4 Å². The van der Waals surface area contributed by atoms with Gasteiger partial charge in [0, 0.05) is 19.3 Å². The molecule has 0 fully saturated rings. The lowest BCUT2D eigenvalue weighted by Gasteiger charge is -2.21. The predicted molar refractivity (Wildman–Crippen MR) is 334 cm³/mol. The van der Waals surface area contributed by atoms with Gasteiger partial charge >= 0.3 is 25.7 Å². The average Bonchev–Trinajstić information content (AvgIpc) is 3.45. The predicted octanol–water partition coefficient (Wildman–Crippen LogP) is 18.9. The Balaban J connectivity index is 4.85. The van der Waals surface area contributed by atoms with Crippen molar-refractivity contribution in [1.82, 2.24) is 0 Å². The number of unbranched alkanes of at least 4 members (excludes halogenated alkanes) is 17. The van der Waals surface area contributed by atoms with Gasteiger partial charge in [-0.15, -0.1) is 0 Å². The summed E-state index contributed by atoms with van der Waals surface area (Å²) in [6.07, 6.45) is 77.0. The van der Waals surface area contributed by atoms with Crippen molar-refractivity contribution in [3.63, 3.8) is 0 Å². The molecule has 454 valence electrons. The molecule has 0 bridgehead atoms. The number of phosphoric acid groups is 1. The maximum Gasteiger partial charge on any atom is 0.472 e. The number of hydrogen-bond acceptors (Lipinski definition) is 10. The topological polar surface area (TPSA) is 155 Å². The maximum atomic E-state index is 12.9. The Bertz CT molecular complexity index is 1850. The van der Waals surface area contributed by atoms with E-state index in [0.717, 1.165) is 116 Å². The number of allylic oxidation sites excluding steroid dienone is 22. The van der Waals surface area contributed by atoms with Crippen LogP contribution in [0.1, 0.15) is 239 Å². The third-order valence-electron chi connectivity index (χ3n) is 12.5. The molecule has 0 aliphatic heterocycles. The van der Waals surface area contributed by atoms with Gasteiger partial charge in [-0.05, 0) is 128 Å². The zero-order valence-electron chi connectivity index (χ0n) is 50.2. The Labute approximate surface area is 487 Å². The monoisotopic (exact) mass is 1130 g/mol. The van der Waals surface area contributed by atoms with Crippen molar-refractivity contribution in [3.8, 4) is 0 Å². The van der Waals surface area contributed by atoms with Crippen LogP contribution in [-0.4, -0.2) is 66.5 Å². The van der Waals surface area contributed by atoms with Crippen LogP contribution in [0.2, 0.25) is 0 Å². The molecule has 0 saturated carbocycles. The molecule has 2 N–H and O–H groups in total. The molecule has 0 radical (unpaired) electrons. The number of aliphatic hydroxyl groups excluding tert-OH is 1. The van der Waals surface area contributed by atoms with E-state index < -0.39 is 57.8 Å². The van der Waals surface area contributed by atoms with Crippen molar-refractivity contribution < 1.29 is 52.2 Å². The highest BCUT2D eigenvalue weighted by Crippen LogP contribution is 2.43. The van der Waals surface area contributed by atoms with Crippen molar-refractivity contribution in [2.45, 2.75) is 251 Å². The van der Waals surface area contributed by atoms with Gasteiger partial charge < -0.3 is 24.2 Å². The van der Waals surface area contributed by atoms with Crippen LogP contribution >= 0.6 is 7.82 Å². The molecule has 0 heterocycles. The molecule has 3 atom stereocenters. The quantitative estimate of drug-likeness (QED) is 0.0197. The Kier molecular flexibility index (Phi) is 57.4. The van der Waals surface area contributed by atoms with Crippen molar-refractivity contribution in [3.05, 3.63) is 134 Å². The molecule has 0 saturated heterocycles. The molecule has 0 amide bonds. The average molecular weight is 1140 g/mol. The van der Waals surface area contributed by atoms with Crippen LogP contribution in [0.15, 0.2) is 134 Å². The largest absolute Gasteiger partial charge is 0.472 e. The summed E-state index contributed by atoms with van der Waals surface area (Å²) in [7, 11) is -4.79. The maximum absolute atomic E-state index is 12.9. The van der Waals surface area contributed by atoms with Crippen LogP contribution < -0.4 is 0 Å². The summed E-state index contributed by atoms with van der Waals surface area (Å²) in [4.78, 5) is 48.7. The van der Waals surface area contributed by atoms with E-state index in [4.69, 9.17) is 23.3 Å². The van der Waals surface area contributed by atoms with Crippen molar-refractivity contribution in [2.75, 3.05) is 26.4 Å². The number of aliphatic hydroxyl groups is 1. The molecule has 0 aromatic carbocycles. The summed E-state index contributed by atoms with van der Waals surface area (Å²) in [5.41, 5.74) is 0. The first kappa shape index (κ1) is 75.6. The molecule has 0 spiro atoms. The van der Waals surface area contributed by atoms with Crippen LogP contribution in [0, 0.1) is 0 Å². The van der Waals surface area contributed by atoms with E-state index in [0.29, 0.717) is 25.7 Å². The zero-order valence-corrected chi connectivity index (χ0v) is 51.1. The molecule has 0 aliphatic carbocycles. The Morgan fingerprint density at radius 2 is 0.662 bits per heavy atom. The number of carbonyl (C=O) groups excluding carboxylic acids is 3. The molecule has 0 rings (SSSR count). The minimum Gasteiger partial charge on any atom is -0.462 e. The molecule has 0 aromatic rings. The minimum absolute atomic E-state index is 0.0744. The summed E-state index contributed by atoms with van der Waals surface area (Å²) in [6, 6.07) is 0. The lowest BCUT2D eigenvalue weighted by molar-refractivity contribution is -0.161. The fraction of sp³-hybridized carbons (Fsp3) is 0.632. The van der Waals surface area contributed by atoms with E-state index in [2.05, 4.69) is 142 Å². The van der Waals surface area contributed by atoms with E-state index in [1.807, 2.05) is 12.2 Å². The Morgan fingerprint density at radius 1 is 0.362 bits per heavy atom. The lowest BCUT2D eigenvalue weighted by atomic mass is 10.1. The number of carbonyl (C=O) groups is 3. The highest BCUT2D eigenvalue weighted by molar-refractivity contribution is 7.47. The van der Waals surface area contributed by atoms with Crippen LogP contribution in [0.5, 0.6) is 0 Å². The second-order valence-corrected chi connectivity index (χ2v) is 21.6. The van der Waals surface area contributed by atoms with Gasteiger partial charge in [-0.2, -0.15) is 0 Å². The van der Waals surface area contributed by atoms with Gasteiger partial charge in [0.05, 0.1) is 19.8 Å². The molecule has 3 unspecified atom stereocenters. The first-order valence-corrected chi connectivity index (χ1v) is 32.6. The van der Waals surface area contributed by atoms with Gasteiger partial charge in [-0.1, -0.05) is 225 Å². The van der Waals surface area contributed by atoms with E-state index in [9.17, 15) is 28.9 Å². The molecule has 0 aliphatic rings. The van der Waals surface area contributed by atoms with Gasteiger partial charge in [0.1, 0.15) is 12.7 Å². The zero-order chi connectivity index (χ0) is 58.3. The van der Waals surface area contributed by atoms with Gasteiger partial charge in [0.25, 0.3) is 0 Å². The second kappa shape index (κ2) is 60.7. The summed E-state index contributed by atoms with van der Waals surface area (Å²) >= 11 is 0. The normalized spacial score (nSPS) is 14.2. The van der Waals surface area contributed by atoms with Crippen LogP contribution in [-0.2, 0) is 42.2 Å². The summed E-state index contributed by atoms with van der Waals surface area (Å²) in [5.74, 6) is -1.59. The highest BCUT2D eigenvalue weighted by atomic mass is 31.2. The summed E-state index contributed by atoms with van der Waals surface area (Å²) in [5, 5.41) is 9.85. The van der Waals surface area contributed by atoms with E-state index in [-0.39, 0.29) is 25.9 Å². The van der Waals surface area contributed by atoms with Crippen molar-refractivity contribution >= 4 is 25.7 Å². The fourth-order valence-electron chi connectivity index (χ4n) is 7.88. The number of phosphoric ester groups is 1. The van der Waals surface area contributed by atoms with Crippen molar-refractivity contribution in [1.29, 1.82) is 0 Å². The smallest absolute Gasteiger partial charge is 0.462 e. The molecular formula is C68H111O11P. The summed E-state index contributed by atoms with van der Waals surface area (Å²) in [6.45, 7) is 4.31. The third-order valence-corrected chi connectivity index (χ3v) is 13.5. The number of esters is 3.